The molecule has 0 N–H and O–H groups in total. The highest BCUT2D eigenvalue weighted by atomic mass is 32.1. The lowest BCUT2D eigenvalue weighted by Gasteiger charge is -2.24. The van der Waals surface area contributed by atoms with Gasteiger partial charge in [-0.25, -0.2) is 14.0 Å². The van der Waals surface area contributed by atoms with Gasteiger partial charge < -0.3 is 9.91 Å². The number of nitrogens with zero attached hydrogens (tertiary/aromatic N) is 5. The summed E-state index contributed by atoms with van der Waals surface area (Å²) in [6, 6.07) is 1.97. The summed E-state index contributed by atoms with van der Waals surface area (Å²) in [5, 5.41) is 2.83. The van der Waals surface area contributed by atoms with Gasteiger partial charge in [0, 0.05) is 38.9 Å². The molecule has 0 bridgehead atoms. The summed E-state index contributed by atoms with van der Waals surface area (Å²) in [6.07, 6.45) is 8.19. The third-order valence-electron chi connectivity index (χ3n) is 4.69. The summed E-state index contributed by atoms with van der Waals surface area (Å²) >= 11 is 1.37. The summed E-state index contributed by atoms with van der Waals surface area (Å²) in [5.74, 6) is 0. The van der Waals surface area contributed by atoms with Crippen LogP contribution in [0.25, 0.3) is 21.3 Å². The van der Waals surface area contributed by atoms with Crippen molar-refractivity contribution in [2.24, 2.45) is 0 Å². The van der Waals surface area contributed by atoms with Crippen molar-refractivity contribution in [2.45, 2.75) is 25.7 Å². The van der Waals surface area contributed by atoms with Crippen LogP contribution in [-0.2, 0) is 0 Å². The van der Waals surface area contributed by atoms with E-state index in [1.165, 1.54) is 24.4 Å². The molecule has 1 fully saturated rings. The van der Waals surface area contributed by atoms with Crippen LogP contribution in [0.1, 0.15) is 25.7 Å². The maximum atomic E-state index is 13.2. The topological polar surface area (TPSA) is 54.3 Å². The fourth-order valence-corrected chi connectivity index (χ4v) is 4.33. The molecule has 1 saturated heterocycles. The first-order valence-corrected chi connectivity index (χ1v) is 9.16. The Bertz CT molecular complexity index is 892. The van der Waals surface area contributed by atoms with Gasteiger partial charge in [-0.3, -0.25) is 4.79 Å². The van der Waals surface area contributed by atoms with Crippen LogP contribution in [0.3, 0.4) is 0 Å². The first-order chi connectivity index (χ1) is 11.7. The zero-order valence-corrected chi connectivity index (χ0v) is 14.8. The van der Waals surface area contributed by atoms with Crippen LogP contribution < -0.4 is 15.5 Å². The van der Waals surface area contributed by atoms with Gasteiger partial charge in [-0.2, -0.15) is 0 Å². The highest BCUT2D eigenvalue weighted by Gasteiger charge is 2.25. The molecule has 0 amide bonds. The number of hydrogen-bond donors (Lipinski definition) is 0. The number of rotatable bonds is 2. The fourth-order valence-electron chi connectivity index (χ4n) is 3.56. The molecule has 0 saturated carbocycles. The normalized spacial score (nSPS) is 15.8. The molecule has 2 aliphatic heterocycles. The second kappa shape index (κ2) is 6.05. The molecule has 6 nitrogen and oxygen atoms in total. The van der Waals surface area contributed by atoms with E-state index in [1.54, 1.807) is 17.2 Å². The first kappa shape index (κ1) is 15.4. The molecule has 1 aromatic rings. The van der Waals surface area contributed by atoms with E-state index in [0.29, 0.717) is 5.39 Å². The second-order valence-corrected chi connectivity index (χ2v) is 7.29. The quantitative estimate of drug-likeness (QED) is 0.716. The summed E-state index contributed by atoms with van der Waals surface area (Å²) in [4.78, 5) is 20.9. The third-order valence-corrected chi connectivity index (χ3v) is 5.52. The van der Waals surface area contributed by atoms with E-state index in [4.69, 9.17) is 0 Å². The molecule has 4 rings (SSSR count). The van der Waals surface area contributed by atoms with Crippen LogP contribution >= 0.6 is 11.5 Å². The number of hydrogen-bond acceptors (Lipinski definition) is 6. The van der Waals surface area contributed by atoms with E-state index >= 15 is 0 Å². The van der Waals surface area contributed by atoms with E-state index in [9.17, 15) is 4.79 Å². The van der Waals surface area contributed by atoms with E-state index in [0.717, 1.165) is 47.6 Å². The molecule has 126 valence electrons. The Morgan fingerprint density at radius 3 is 2.62 bits per heavy atom. The van der Waals surface area contributed by atoms with E-state index < -0.39 is 0 Å². The highest BCUT2D eigenvalue weighted by molar-refractivity contribution is 7.10. The molecule has 0 spiro atoms. The number of aromatic nitrogens is 3. The minimum absolute atomic E-state index is 0.0178. The molecular formula is C17H21N5OS. The van der Waals surface area contributed by atoms with E-state index in [2.05, 4.69) is 14.4 Å². The lowest BCUT2D eigenvalue weighted by molar-refractivity contribution is 0.569. The number of anilines is 1. The van der Waals surface area contributed by atoms with Crippen LogP contribution in [0.4, 0.5) is 5.69 Å². The Morgan fingerprint density at radius 1 is 1.17 bits per heavy atom. The molecule has 3 heterocycles. The monoisotopic (exact) mass is 343 g/mol. The van der Waals surface area contributed by atoms with Gasteiger partial charge >= 0.3 is 0 Å². The van der Waals surface area contributed by atoms with Gasteiger partial charge in [-0.1, -0.05) is 12.8 Å². The van der Waals surface area contributed by atoms with Crippen LogP contribution in [0, 0.1) is 0 Å². The van der Waals surface area contributed by atoms with Gasteiger partial charge in [0.15, 0.2) is 0 Å². The molecule has 0 atom stereocenters. The lowest BCUT2D eigenvalue weighted by Crippen LogP contribution is -2.42. The Balaban J connectivity index is 1.96. The van der Waals surface area contributed by atoms with Gasteiger partial charge in [0.25, 0.3) is 5.56 Å². The SMILES string of the molecule is CN(C)c1c2ccnsc-2c2c(=O)n(N3CCCCCC3)cnc12. The lowest BCUT2D eigenvalue weighted by atomic mass is 10.2. The average molecular weight is 343 g/mol. The summed E-state index contributed by atoms with van der Waals surface area (Å²) in [7, 11) is 3.97. The van der Waals surface area contributed by atoms with Crippen molar-refractivity contribution in [3.8, 4) is 10.4 Å². The zero-order valence-electron chi connectivity index (χ0n) is 14.0. The summed E-state index contributed by atoms with van der Waals surface area (Å²) < 4.78 is 5.98. The van der Waals surface area contributed by atoms with Gasteiger partial charge in [-0.15, -0.1) is 0 Å². The average Bonchev–Trinajstić information content (AvgIpc) is 2.71. The highest BCUT2D eigenvalue weighted by Crippen LogP contribution is 2.42. The number of fused-ring (bicyclic) bond motifs is 3. The molecule has 0 aromatic carbocycles. The first-order valence-electron chi connectivity index (χ1n) is 8.39. The Morgan fingerprint density at radius 2 is 1.92 bits per heavy atom. The maximum Gasteiger partial charge on any atom is 0.281 e. The van der Waals surface area contributed by atoms with Crippen molar-refractivity contribution < 1.29 is 0 Å². The minimum atomic E-state index is 0.0178. The fraction of sp³-hybridized carbons (Fsp3) is 0.471. The van der Waals surface area contributed by atoms with Crippen molar-refractivity contribution >= 4 is 28.1 Å². The summed E-state index contributed by atoms with van der Waals surface area (Å²) in [6.45, 7) is 1.82. The predicted molar refractivity (Wildman–Crippen MR) is 99.0 cm³/mol. The van der Waals surface area contributed by atoms with Crippen LogP contribution in [0.5, 0.6) is 0 Å². The van der Waals surface area contributed by atoms with Crippen molar-refractivity contribution in [2.75, 3.05) is 37.1 Å². The zero-order chi connectivity index (χ0) is 16.7. The minimum Gasteiger partial charge on any atom is -0.375 e. The third kappa shape index (κ3) is 2.34. The maximum absolute atomic E-state index is 13.2. The van der Waals surface area contributed by atoms with E-state index in [1.807, 2.05) is 25.1 Å². The molecule has 0 unspecified atom stereocenters. The largest absolute Gasteiger partial charge is 0.375 e. The molecule has 0 radical (unpaired) electrons. The standard InChI is InChI=1S/C17H21N5OS/c1-20(2)15-12-7-8-19-24-16(12)13-14(15)18-11-22(17(13)23)21-9-5-3-4-6-10-21/h7-8,11H,3-6,9-10H2,1-2H3. The van der Waals surface area contributed by atoms with Crippen molar-refractivity contribution in [3.05, 3.63) is 28.9 Å². The molecule has 24 heavy (non-hydrogen) atoms. The van der Waals surface area contributed by atoms with Gasteiger partial charge in [0.1, 0.15) is 11.8 Å². The molecule has 1 aliphatic carbocycles. The second-order valence-electron chi connectivity index (χ2n) is 6.48. The van der Waals surface area contributed by atoms with Crippen LogP contribution in [0.15, 0.2) is 23.4 Å². The smallest absolute Gasteiger partial charge is 0.281 e. The predicted octanol–water partition coefficient (Wildman–Crippen LogP) is 2.54. The Labute approximate surface area is 144 Å². The van der Waals surface area contributed by atoms with E-state index in [-0.39, 0.29) is 5.56 Å². The molecule has 3 aliphatic rings. The van der Waals surface area contributed by atoms with Crippen LogP contribution in [0.2, 0.25) is 0 Å². The van der Waals surface area contributed by atoms with Gasteiger partial charge in [0.2, 0.25) is 0 Å². The van der Waals surface area contributed by atoms with Crippen molar-refractivity contribution in [1.29, 1.82) is 0 Å². The van der Waals surface area contributed by atoms with Crippen LogP contribution in [-0.4, -0.2) is 41.2 Å². The molecular weight excluding hydrogens is 322 g/mol. The van der Waals surface area contributed by atoms with Gasteiger partial charge in [0.05, 0.1) is 16.0 Å². The Kier molecular flexibility index (Phi) is 3.88. The van der Waals surface area contributed by atoms with Crippen molar-refractivity contribution in [1.82, 2.24) is 14.0 Å². The van der Waals surface area contributed by atoms with Crippen molar-refractivity contribution in [3.63, 3.8) is 0 Å². The Hall–Kier alpha value is -2.15. The molecule has 7 heteroatoms. The summed E-state index contributed by atoms with van der Waals surface area (Å²) in [5.41, 5.74) is 2.84. The van der Waals surface area contributed by atoms with Gasteiger partial charge in [-0.05, 0) is 30.4 Å². The molecule has 1 aromatic heterocycles.